The molecule has 21 heavy (non-hydrogen) atoms. The first-order valence-corrected chi connectivity index (χ1v) is 5.95. The van der Waals surface area contributed by atoms with Crippen LogP contribution in [-0.2, 0) is 14.3 Å². The molecule has 0 saturated carbocycles. The highest BCUT2D eigenvalue weighted by atomic mass is 16.7. The van der Waals surface area contributed by atoms with Gasteiger partial charge in [-0.25, -0.2) is 9.59 Å². The van der Waals surface area contributed by atoms with Crippen molar-refractivity contribution in [3.05, 3.63) is 30.1 Å². The first-order chi connectivity index (χ1) is 9.91. The van der Waals surface area contributed by atoms with Crippen molar-refractivity contribution >= 4 is 11.9 Å². The van der Waals surface area contributed by atoms with Gasteiger partial charge in [-0.3, -0.25) is 4.98 Å². The second-order valence-electron chi connectivity index (χ2n) is 4.36. The van der Waals surface area contributed by atoms with E-state index in [2.05, 4.69) is 14.5 Å². The summed E-state index contributed by atoms with van der Waals surface area (Å²) in [6.07, 6.45) is -6.50. The number of rotatable bonds is 2. The molecule has 1 aliphatic heterocycles. The zero-order valence-corrected chi connectivity index (χ0v) is 10.6. The van der Waals surface area contributed by atoms with Crippen molar-refractivity contribution < 1.29 is 39.5 Å². The number of pyridine rings is 1. The van der Waals surface area contributed by atoms with Gasteiger partial charge in [0.1, 0.15) is 18.3 Å². The Balaban J connectivity index is 2.05. The number of carbonyl (C=O) groups is 2. The van der Waals surface area contributed by atoms with Crippen LogP contribution in [0.25, 0.3) is 0 Å². The van der Waals surface area contributed by atoms with Gasteiger partial charge in [0.05, 0.1) is 5.56 Å². The third-order valence-electron chi connectivity index (χ3n) is 2.93. The molecule has 5 atom stereocenters. The molecule has 0 amide bonds. The first kappa shape index (κ1) is 15.5. The van der Waals surface area contributed by atoms with Crippen LogP contribution in [0.1, 0.15) is 10.4 Å². The molecule has 2 rings (SSSR count). The van der Waals surface area contributed by atoms with E-state index in [1.165, 1.54) is 24.5 Å². The second kappa shape index (κ2) is 6.24. The van der Waals surface area contributed by atoms with Crippen LogP contribution < -0.4 is 0 Å². The van der Waals surface area contributed by atoms with Crippen molar-refractivity contribution in [3.63, 3.8) is 0 Å². The van der Waals surface area contributed by atoms with E-state index in [1.807, 2.05) is 0 Å². The third-order valence-corrected chi connectivity index (χ3v) is 2.93. The topological polar surface area (TPSA) is 146 Å². The largest absolute Gasteiger partial charge is 0.387 e. The number of hydrogen-bond acceptors (Lipinski definition) is 9. The Kier molecular flexibility index (Phi) is 4.60. The number of ether oxygens (including phenoxy) is 2. The summed E-state index contributed by atoms with van der Waals surface area (Å²) < 4.78 is 9.12. The molecule has 2 heterocycles. The van der Waals surface area contributed by atoms with E-state index in [-0.39, 0.29) is 5.56 Å². The molecule has 1 aliphatic rings. The number of aliphatic hydroxyl groups excluding tert-OH is 4. The van der Waals surface area contributed by atoms with Crippen LogP contribution in [0.5, 0.6) is 0 Å². The predicted molar refractivity (Wildman–Crippen MR) is 63.6 cm³/mol. The quantitative estimate of drug-likeness (QED) is 0.345. The van der Waals surface area contributed by atoms with Gasteiger partial charge in [-0.1, -0.05) is 0 Å². The van der Waals surface area contributed by atoms with E-state index in [9.17, 15) is 30.0 Å². The molecule has 1 aromatic heterocycles. The fraction of sp³-hybridized carbons (Fsp3) is 0.417. The molecule has 0 aliphatic carbocycles. The Labute approximate surface area is 118 Å². The Morgan fingerprint density at radius 2 is 1.67 bits per heavy atom. The standard InChI is InChI=1S/C12H13NO8/c14-6-7(15)9(20-11(18)8(6)16)12(19)21-10(17)5-1-3-13-4-2-5/h1-4,6-9,11,14-16,18H/t6-,7-,8+,9-,11+/m0/s1. The summed E-state index contributed by atoms with van der Waals surface area (Å²) in [5.74, 6) is -2.30. The second-order valence-corrected chi connectivity index (χ2v) is 4.36. The molecule has 0 spiro atoms. The fourth-order valence-electron chi connectivity index (χ4n) is 1.75. The Morgan fingerprint density at radius 3 is 2.29 bits per heavy atom. The van der Waals surface area contributed by atoms with Crippen LogP contribution in [-0.4, -0.2) is 68.1 Å². The molecule has 1 aromatic rings. The maximum atomic E-state index is 11.7. The van der Waals surface area contributed by atoms with Gasteiger partial charge in [0, 0.05) is 12.4 Å². The molecule has 114 valence electrons. The monoisotopic (exact) mass is 299 g/mol. The number of aromatic nitrogens is 1. The lowest BCUT2D eigenvalue weighted by Gasteiger charge is -2.36. The fourth-order valence-corrected chi connectivity index (χ4v) is 1.75. The van der Waals surface area contributed by atoms with Crippen molar-refractivity contribution in [2.75, 3.05) is 0 Å². The van der Waals surface area contributed by atoms with Gasteiger partial charge < -0.3 is 29.9 Å². The van der Waals surface area contributed by atoms with Gasteiger partial charge >= 0.3 is 11.9 Å². The number of carbonyl (C=O) groups excluding carboxylic acids is 2. The Morgan fingerprint density at radius 1 is 1.05 bits per heavy atom. The summed E-state index contributed by atoms with van der Waals surface area (Å²) in [5, 5.41) is 37.6. The summed E-state index contributed by atoms with van der Waals surface area (Å²) in [6.45, 7) is 0. The van der Waals surface area contributed by atoms with Gasteiger partial charge in [-0.15, -0.1) is 0 Å². The normalized spacial score (nSPS) is 32.5. The maximum absolute atomic E-state index is 11.7. The molecule has 0 bridgehead atoms. The minimum atomic E-state index is -1.89. The molecule has 9 nitrogen and oxygen atoms in total. The Bertz CT molecular complexity index is 521. The van der Waals surface area contributed by atoms with Gasteiger partial charge in [0.2, 0.25) is 0 Å². The van der Waals surface area contributed by atoms with Crippen molar-refractivity contribution in [2.24, 2.45) is 0 Å². The van der Waals surface area contributed by atoms with Gasteiger partial charge in [-0.2, -0.15) is 0 Å². The summed E-state index contributed by atoms with van der Waals surface area (Å²) in [4.78, 5) is 27.1. The van der Waals surface area contributed by atoms with Gasteiger partial charge in [0.25, 0.3) is 0 Å². The highest BCUT2D eigenvalue weighted by Crippen LogP contribution is 2.21. The lowest BCUT2D eigenvalue weighted by atomic mass is 9.99. The zero-order valence-electron chi connectivity index (χ0n) is 10.6. The molecule has 1 fully saturated rings. The maximum Gasteiger partial charge on any atom is 0.346 e. The van der Waals surface area contributed by atoms with E-state index in [1.54, 1.807) is 0 Å². The van der Waals surface area contributed by atoms with Crippen molar-refractivity contribution in [1.29, 1.82) is 0 Å². The van der Waals surface area contributed by atoms with Crippen LogP contribution in [0.3, 0.4) is 0 Å². The molecule has 4 N–H and O–H groups in total. The number of esters is 2. The average Bonchev–Trinajstić information content (AvgIpc) is 2.49. The molecule has 0 aromatic carbocycles. The van der Waals surface area contributed by atoms with E-state index in [0.717, 1.165) is 0 Å². The summed E-state index contributed by atoms with van der Waals surface area (Å²) in [5.41, 5.74) is 0.0461. The number of hydrogen-bond donors (Lipinski definition) is 4. The Hall–Kier alpha value is -1.91. The van der Waals surface area contributed by atoms with Crippen LogP contribution in [0.15, 0.2) is 24.5 Å². The number of nitrogens with zero attached hydrogens (tertiary/aromatic N) is 1. The van der Waals surface area contributed by atoms with Gasteiger partial charge in [0.15, 0.2) is 12.4 Å². The summed E-state index contributed by atoms with van der Waals surface area (Å²) >= 11 is 0. The van der Waals surface area contributed by atoms with Gasteiger partial charge in [-0.05, 0) is 12.1 Å². The molecular weight excluding hydrogens is 286 g/mol. The molecule has 9 heteroatoms. The SMILES string of the molecule is O=C(OC(=O)[C@H]1O[C@@H](O)[C@H](O)[C@@H](O)[C@@H]1O)c1ccncc1. The minimum absolute atomic E-state index is 0.0461. The smallest absolute Gasteiger partial charge is 0.346 e. The molecule has 1 saturated heterocycles. The van der Waals surface area contributed by atoms with Crippen LogP contribution in [0.2, 0.25) is 0 Å². The minimum Gasteiger partial charge on any atom is -0.387 e. The predicted octanol–water partition coefficient (Wildman–Crippen LogP) is -2.44. The average molecular weight is 299 g/mol. The number of aliphatic hydroxyl groups is 4. The van der Waals surface area contributed by atoms with Crippen LogP contribution >= 0.6 is 0 Å². The van der Waals surface area contributed by atoms with E-state index < -0.39 is 42.6 Å². The van der Waals surface area contributed by atoms with E-state index >= 15 is 0 Å². The van der Waals surface area contributed by atoms with Crippen molar-refractivity contribution in [1.82, 2.24) is 4.98 Å². The third kappa shape index (κ3) is 3.23. The lowest BCUT2D eigenvalue weighted by Crippen LogP contribution is -2.60. The van der Waals surface area contributed by atoms with Crippen LogP contribution in [0, 0.1) is 0 Å². The lowest BCUT2D eigenvalue weighted by molar-refractivity contribution is -0.279. The summed E-state index contributed by atoms with van der Waals surface area (Å²) in [7, 11) is 0. The highest BCUT2D eigenvalue weighted by Gasteiger charge is 2.47. The molecular formula is C12H13NO8. The van der Waals surface area contributed by atoms with E-state index in [0.29, 0.717) is 0 Å². The highest BCUT2D eigenvalue weighted by molar-refractivity contribution is 5.97. The summed E-state index contributed by atoms with van der Waals surface area (Å²) in [6, 6.07) is 2.61. The molecule has 0 unspecified atom stereocenters. The zero-order chi connectivity index (χ0) is 15.6. The van der Waals surface area contributed by atoms with Crippen LogP contribution in [0.4, 0.5) is 0 Å². The molecule has 0 radical (unpaired) electrons. The van der Waals surface area contributed by atoms with Crippen molar-refractivity contribution in [3.8, 4) is 0 Å². The van der Waals surface area contributed by atoms with E-state index in [4.69, 9.17) is 0 Å². The van der Waals surface area contributed by atoms with Crippen molar-refractivity contribution in [2.45, 2.75) is 30.7 Å². The first-order valence-electron chi connectivity index (χ1n) is 5.95.